The van der Waals surface area contributed by atoms with E-state index in [2.05, 4.69) is 43.4 Å². The Bertz CT molecular complexity index is 722. The van der Waals surface area contributed by atoms with Crippen LogP contribution in [0.1, 0.15) is 96.6 Å². The number of hydrogen-bond acceptors (Lipinski definition) is 2. The van der Waals surface area contributed by atoms with Crippen molar-refractivity contribution < 1.29 is 9.53 Å². The topological polar surface area (TPSA) is 38.3 Å². The number of ether oxygens (including phenoxy) is 1. The zero-order valence-electron chi connectivity index (χ0n) is 18.6. The van der Waals surface area contributed by atoms with Gasteiger partial charge in [0.15, 0.2) is 0 Å². The third-order valence-electron chi connectivity index (χ3n) is 5.66. The summed E-state index contributed by atoms with van der Waals surface area (Å²) in [7, 11) is 0. The summed E-state index contributed by atoms with van der Waals surface area (Å²) >= 11 is 0. The molecule has 2 atom stereocenters. The van der Waals surface area contributed by atoms with Crippen LogP contribution in [-0.2, 0) is 4.74 Å². The summed E-state index contributed by atoms with van der Waals surface area (Å²) in [6.07, 6.45) is 11.5. The fraction of sp³-hybridized carbons (Fsp3) is 0.577. The Morgan fingerprint density at radius 2 is 1.52 bits per heavy atom. The van der Waals surface area contributed by atoms with Crippen molar-refractivity contribution in [3.8, 4) is 0 Å². The number of carbonyl (C=O) groups excluding carboxylic acids is 1. The number of hydrogen-bond donors (Lipinski definition) is 1. The minimum atomic E-state index is -0.294. The molecule has 3 heteroatoms. The molecule has 0 aromatic heterocycles. The molecule has 1 amide bonds. The minimum absolute atomic E-state index is 0.0286. The lowest BCUT2D eigenvalue weighted by Crippen LogP contribution is -2.31. The molecule has 0 aliphatic rings. The van der Waals surface area contributed by atoms with Crippen LogP contribution in [0.2, 0.25) is 0 Å². The number of rotatable bonds is 13. The molecule has 2 rings (SSSR count). The van der Waals surface area contributed by atoms with E-state index in [0.29, 0.717) is 0 Å². The van der Waals surface area contributed by atoms with Crippen LogP contribution >= 0.6 is 0 Å². The fourth-order valence-electron chi connectivity index (χ4n) is 3.91. The summed E-state index contributed by atoms with van der Waals surface area (Å²) in [5.74, 6) is 0. The highest BCUT2D eigenvalue weighted by Crippen LogP contribution is 2.24. The molecule has 0 fully saturated rings. The molecule has 160 valence electrons. The second kappa shape index (κ2) is 13.2. The first kappa shape index (κ1) is 23.3. The maximum Gasteiger partial charge on any atom is 0.407 e. The maximum absolute atomic E-state index is 12.6. The van der Waals surface area contributed by atoms with Crippen LogP contribution in [0.15, 0.2) is 42.5 Å². The van der Waals surface area contributed by atoms with Crippen molar-refractivity contribution in [2.45, 2.75) is 97.1 Å². The average Bonchev–Trinajstić information content (AvgIpc) is 2.73. The minimum Gasteiger partial charge on any atom is -0.446 e. The third kappa shape index (κ3) is 8.08. The van der Waals surface area contributed by atoms with E-state index in [-0.39, 0.29) is 18.2 Å². The van der Waals surface area contributed by atoms with E-state index in [1.54, 1.807) is 0 Å². The van der Waals surface area contributed by atoms with Gasteiger partial charge in [0.1, 0.15) is 6.10 Å². The van der Waals surface area contributed by atoms with Crippen LogP contribution < -0.4 is 5.32 Å². The van der Waals surface area contributed by atoms with Gasteiger partial charge in [0.2, 0.25) is 0 Å². The number of amides is 1. The summed E-state index contributed by atoms with van der Waals surface area (Å²) in [5.41, 5.74) is 1.13. The third-order valence-corrected chi connectivity index (χ3v) is 5.66. The molecule has 2 aromatic rings. The summed E-state index contributed by atoms with van der Waals surface area (Å²) in [4.78, 5) is 12.6. The van der Waals surface area contributed by atoms with Crippen LogP contribution in [-0.4, -0.2) is 12.2 Å². The lowest BCUT2D eigenvalue weighted by Gasteiger charge is -2.21. The molecule has 0 saturated heterocycles. The van der Waals surface area contributed by atoms with E-state index in [1.807, 2.05) is 25.1 Å². The van der Waals surface area contributed by atoms with E-state index < -0.39 is 0 Å². The Morgan fingerprint density at radius 3 is 2.31 bits per heavy atom. The molecular weight excluding hydrogens is 358 g/mol. The highest BCUT2D eigenvalue weighted by Gasteiger charge is 2.17. The first-order valence-electron chi connectivity index (χ1n) is 11.6. The second-order valence-corrected chi connectivity index (χ2v) is 8.16. The quantitative estimate of drug-likeness (QED) is 0.348. The molecule has 3 nitrogen and oxygen atoms in total. The monoisotopic (exact) mass is 397 g/mol. The molecule has 0 radical (unpaired) electrons. The van der Waals surface area contributed by atoms with E-state index in [4.69, 9.17) is 4.74 Å². The van der Waals surface area contributed by atoms with E-state index in [1.165, 1.54) is 42.9 Å². The number of nitrogens with one attached hydrogen (secondary N) is 1. The van der Waals surface area contributed by atoms with Gasteiger partial charge in [0.25, 0.3) is 0 Å². The average molecular weight is 398 g/mol. The van der Waals surface area contributed by atoms with Crippen molar-refractivity contribution in [1.29, 1.82) is 0 Å². The number of fused-ring (bicyclic) bond motifs is 1. The highest BCUT2D eigenvalue weighted by atomic mass is 16.6. The van der Waals surface area contributed by atoms with Crippen molar-refractivity contribution in [3.05, 3.63) is 48.0 Å². The first-order valence-corrected chi connectivity index (χ1v) is 11.6. The molecule has 1 N–H and O–H groups in total. The van der Waals surface area contributed by atoms with Gasteiger partial charge in [-0.25, -0.2) is 4.79 Å². The predicted octanol–water partition coefficient (Wildman–Crippen LogP) is 7.94. The molecule has 0 aliphatic heterocycles. The van der Waals surface area contributed by atoms with Gasteiger partial charge >= 0.3 is 6.09 Å². The van der Waals surface area contributed by atoms with Gasteiger partial charge in [-0.15, -0.1) is 0 Å². The fourth-order valence-corrected chi connectivity index (χ4v) is 3.91. The first-order chi connectivity index (χ1) is 14.2. The number of benzene rings is 2. The summed E-state index contributed by atoms with van der Waals surface area (Å²) in [6.45, 7) is 6.45. The Hall–Kier alpha value is -2.03. The van der Waals surface area contributed by atoms with Crippen molar-refractivity contribution in [1.82, 2.24) is 5.32 Å². The van der Waals surface area contributed by atoms with Crippen LogP contribution in [0.4, 0.5) is 4.79 Å². The molecular formula is C26H39NO2. The molecule has 0 spiro atoms. The van der Waals surface area contributed by atoms with E-state index in [9.17, 15) is 4.79 Å². The Morgan fingerprint density at radius 1 is 0.862 bits per heavy atom. The molecule has 2 aromatic carbocycles. The maximum atomic E-state index is 12.6. The molecule has 0 heterocycles. The van der Waals surface area contributed by atoms with Gasteiger partial charge < -0.3 is 10.1 Å². The van der Waals surface area contributed by atoms with Crippen molar-refractivity contribution in [2.75, 3.05) is 0 Å². The zero-order valence-corrected chi connectivity index (χ0v) is 18.6. The van der Waals surface area contributed by atoms with E-state index in [0.717, 1.165) is 37.7 Å². The van der Waals surface area contributed by atoms with Gasteiger partial charge in [0, 0.05) is 0 Å². The van der Waals surface area contributed by atoms with Crippen LogP contribution in [0.25, 0.3) is 10.8 Å². The Balaban J connectivity index is 1.87. The standard InChI is InChI=1S/C26H39NO2/c1-4-6-8-9-10-11-18-23(17-7-5-2)29-26(28)27-21(3)24-20-14-16-22-15-12-13-19-25(22)24/h12-16,19-21,23H,4-11,17-18H2,1-3H3,(H,27,28). The molecule has 29 heavy (non-hydrogen) atoms. The Labute approximate surface area is 177 Å². The van der Waals surface area contributed by atoms with Gasteiger partial charge in [-0.1, -0.05) is 101 Å². The van der Waals surface area contributed by atoms with Gasteiger partial charge in [-0.05, 0) is 42.5 Å². The lowest BCUT2D eigenvalue weighted by molar-refractivity contribution is 0.0822. The van der Waals surface area contributed by atoms with Crippen molar-refractivity contribution in [3.63, 3.8) is 0 Å². The summed E-state index contributed by atoms with van der Waals surface area (Å²) in [6, 6.07) is 14.4. The number of unbranched alkanes of at least 4 members (excludes halogenated alkanes) is 6. The number of carbonyl (C=O) groups is 1. The normalized spacial score (nSPS) is 13.2. The molecule has 0 aliphatic carbocycles. The van der Waals surface area contributed by atoms with Gasteiger partial charge in [-0.3, -0.25) is 0 Å². The summed E-state index contributed by atoms with van der Waals surface area (Å²) in [5, 5.41) is 5.42. The highest BCUT2D eigenvalue weighted by molar-refractivity contribution is 5.86. The lowest BCUT2D eigenvalue weighted by atomic mass is 10.00. The van der Waals surface area contributed by atoms with Crippen LogP contribution in [0.5, 0.6) is 0 Å². The van der Waals surface area contributed by atoms with Crippen LogP contribution in [0.3, 0.4) is 0 Å². The van der Waals surface area contributed by atoms with Crippen molar-refractivity contribution >= 4 is 16.9 Å². The zero-order chi connectivity index (χ0) is 20.9. The van der Waals surface area contributed by atoms with Crippen molar-refractivity contribution in [2.24, 2.45) is 0 Å². The summed E-state index contributed by atoms with van der Waals surface area (Å²) < 4.78 is 5.83. The molecule has 0 saturated carbocycles. The smallest absolute Gasteiger partial charge is 0.407 e. The van der Waals surface area contributed by atoms with E-state index >= 15 is 0 Å². The molecule has 2 unspecified atom stereocenters. The number of alkyl carbamates (subject to hydrolysis) is 1. The largest absolute Gasteiger partial charge is 0.446 e. The van der Waals surface area contributed by atoms with Gasteiger partial charge in [0.05, 0.1) is 6.04 Å². The molecule has 0 bridgehead atoms. The predicted molar refractivity (Wildman–Crippen MR) is 123 cm³/mol. The van der Waals surface area contributed by atoms with Crippen LogP contribution in [0, 0.1) is 0 Å². The Kier molecular flexibility index (Phi) is 10.6. The second-order valence-electron chi connectivity index (χ2n) is 8.16. The SMILES string of the molecule is CCCCCCCCC(CCCC)OC(=O)NC(C)c1cccc2ccccc12. The van der Waals surface area contributed by atoms with Gasteiger partial charge in [-0.2, -0.15) is 0 Å².